The van der Waals surface area contributed by atoms with Crippen molar-refractivity contribution in [3.05, 3.63) is 70.8 Å². The molecule has 0 aliphatic carbocycles. The summed E-state index contributed by atoms with van der Waals surface area (Å²) in [7, 11) is 1.61. The van der Waals surface area contributed by atoms with Gasteiger partial charge in [-0.15, -0.1) is 0 Å². The molecule has 27 heavy (non-hydrogen) atoms. The Morgan fingerprint density at radius 3 is 1.96 bits per heavy atom. The molecule has 2 rings (SSSR count). The highest BCUT2D eigenvalue weighted by Gasteiger charge is 2.30. The van der Waals surface area contributed by atoms with E-state index in [0.29, 0.717) is 24.0 Å². The highest BCUT2D eigenvalue weighted by molar-refractivity contribution is 5.94. The second-order valence-corrected chi connectivity index (χ2v) is 7.37. The molecule has 6 heteroatoms. The van der Waals surface area contributed by atoms with Gasteiger partial charge in [0.1, 0.15) is 0 Å². The Hall–Kier alpha value is -2.34. The molecule has 0 bridgehead atoms. The lowest BCUT2D eigenvalue weighted by Gasteiger charge is -2.19. The van der Waals surface area contributed by atoms with Crippen LogP contribution in [0.4, 0.5) is 13.2 Å². The van der Waals surface area contributed by atoms with Gasteiger partial charge in [0.2, 0.25) is 0 Å². The van der Waals surface area contributed by atoms with Crippen LogP contribution in [0.15, 0.2) is 48.5 Å². The molecule has 0 heterocycles. The number of hydrogen-bond acceptors (Lipinski definition) is 2. The number of nitrogens with zero attached hydrogens (tertiary/aromatic N) is 1. The second kappa shape index (κ2) is 8.13. The summed E-state index contributed by atoms with van der Waals surface area (Å²) in [5, 5.41) is 9.77. The van der Waals surface area contributed by atoms with E-state index >= 15 is 0 Å². The van der Waals surface area contributed by atoms with Crippen LogP contribution in [0.25, 0.3) is 0 Å². The van der Waals surface area contributed by atoms with Crippen molar-refractivity contribution in [3.8, 4) is 0 Å². The van der Waals surface area contributed by atoms with Gasteiger partial charge in [0, 0.05) is 19.2 Å². The minimum atomic E-state index is -4.37. The first-order valence-corrected chi connectivity index (χ1v) is 8.69. The zero-order chi connectivity index (χ0) is 20.2. The molecule has 0 aliphatic heterocycles. The van der Waals surface area contributed by atoms with E-state index in [1.807, 2.05) is 12.1 Å². The van der Waals surface area contributed by atoms with Crippen molar-refractivity contribution in [1.82, 2.24) is 4.90 Å². The predicted octanol–water partition coefficient (Wildman–Crippen LogP) is 4.68. The highest BCUT2D eigenvalue weighted by atomic mass is 19.4. The second-order valence-electron chi connectivity index (χ2n) is 7.37. The molecule has 0 radical (unpaired) electrons. The number of aliphatic hydroxyl groups is 1. The van der Waals surface area contributed by atoms with Crippen LogP contribution in [0.3, 0.4) is 0 Å². The summed E-state index contributed by atoms with van der Waals surface area (Å²) in [5.74, 6) is -0.205. The van der Waals surface area contributed by atoms with E-state index in [0.717, 1.165) is 17.7 Å². The van der Waals surface area contributed by atoms with E-state index in [1.54, 1.807) is 33.0 Å². The third-order valence-electron chi connectivity index (χ3n) is 4.27. The van der Waals surface area contributed by atoms with Gasteiger partial charge in [-0.25, -0.2) is 0 Å². The molecule has 0 fully saturated rings. The number of carbonyl (C=O) groups is 1. The molecule has 3 nitrogen and oxygen atoms in total. The van der Waals surface area contributed by atoms with Gasteiger partial charge >= 0.3 is 6.18 Å². The van der Waals surface area contributed by atoms with Crippen molar-refractivity contribution in [1.29, 1.82) is 0 Å². The zero-order valence-corrected chi connectivity index (χ0v) is 15.7. The van der Waals surface area contributed by atoms with Crippen LogP contribution in [-0.2, 0) is 19.1 Å². The molecule has 2 aromatic rings. The normalized spacial score (nSPS) is 12.1. The standard InChI is InChI=1S/C21H24F3NO2/c1-20(2,27)13-12-15-4-8-17(9-5-15)19(26)25(3)14-16-6-10-18(11-7-16)21(22,23)24/h4-11,27H,12-14H2,1-3H3. The Labute approximate surface area is 157 Å². The van der Waals surface area contributed by atoms with Crippen LogP contribution in [0.5, 0.6) is 0 Å². The molecule has 1 N–H and O–H groups in total. The molecule has 1 amide bonds. The van der Waals surface area contributed by atoms with E-state index in [-0.39, 0.29) is 12.5 Å². The monoisotopic (exact) mass is 379 g/mol. The molecule has 0 saturated heterocycles. The SMILES string of the molecule is CN(Cc1ccc(C(F)(F)F)cc1)C(=O)c1ccc(CCC(C)(C)O)cc1. The van der Waals surface area contributed by atoms with Gasteiger partial charge in [0.05, 0.1) is 11.2 Å². The van der Waals surface area contributed by atoms with Gasteiger partial charge in [-0.2, -0.15) is 13.2 Å². The number of hydrogen-bond donors (Lipinski definition) is 1. The summed E-state index contributed by atoms with van der Waals surface area (Å²) in [4.78, 5) is 14.0. The third-order valence-corrected chi connectivity index (χ3v) is 4.27. The summed E-state index contributed by atoms with van der Waals surface area (Å²) >= 11 is 0. The Bertz CT molecular complexity index is 760. The van der Waals surface area contributed by atoms with E-state index in [4.69, 9.17) is 0 Å². The first kappa shape index (κ1) is 21.0. The summed E-state index contributed by atoms with van der Waals surface area (Å²) in [5.41, 5.74) is 0.717. The lowest BCUT2D eigenvalue weighted by molar-refractivity contribution is -0.137. The molecule has 0 aliphatic rings. The fourth-order valence-corrected chi connectivity index (χ4v) is 2.63. The third kappa shape index (κ3) is 6.40. The van der Waals surface area contributed by atoms with Crippen molar-refractivity contribution in [2.75, 3.05) is 7.05 Å². The van der Waals surface area contributed by atoms with Crippen LogP contribution in [-0.4, -0.2) is 28.6 Å². The lowest BCUT2D eigenvalue weighted by atomic mass is 9.98. The summed E-state index contributed by atoms with van der Waals surface area (Å²) in [6.07, 6.45) is -3.04. The number of amides is 1. The molecule has 0 atom stereocenters. The molecule has 0 spiro atoms. The first-order valence-electron chi connectivity index (χ1n) is 8.69. The predicted molar refractivity (Wildman–Crippen MR) is 98.3 cm³/mol. The summed E-state index contributed by atoms with van der Waals surface area (Å²) in [6, 6.07) is 12.0. The highest BCUT2D eigenvalue weighted by Crippen LogP contribution is 2.29. The van der Waals surface area contributed by atoms with Crippen molar-refractivity contribution in [2.45, 2.75) is 45.0 Å². The van der Waals surface area contributed by atoms with Crippen molar-refractivity contribution < 1.29 is 23.1 Å². The summed E-state index contributed by atoms with van der Waals surface area (Å²) in [6.45, 7) is 3.72. The molecular formula is C21H24F3NO2. The van der Waals surface area contributed by atoms with E-state index < -0.39 is 17.3 Å². The lowest BCUT2D eigenvalue weighted by Crippen LogP contribution is -2.26. The summed E-state index contributed by atoms with van der Waals surface area (Å²) < 4.78 is 37.8. The van der Waals surface area contributed by atoms with Crippen molar-refractivity contribution in [2.24, 2.45) is 0 Å². The molecule has 0 aromatic heterocycles. The average Bonchev–Trinajstić information content (AvgIpc) is 2.59. The van der Waals surface area contributed by atoms with Crippen LogP contribution >= 0.6 is 0 Å². The fraction of sp³-hybridized carbons (Fsp3) is 0.381. The Balaban J connectivity index is 1.98. The Morgan fingerprint density at radius 1 is 0.963 bits per heavy atom. The van der Waals surface area contributed by atoms with Crippen LogP contribution in [0.1, 0.15) is 47.3 Å². The minimum absolute atomic E-state index is 0.205. The van der Waals surface area contributed by atoms with Gasteiger partial charge in [-0.1, -0.05) is 24.3 Å². The number of carbonyl (C=O) groups excluding carboxylic acids is 1. The van der Waals surface area contributed by atoms with Crippen molar-refractivity contribution in [3.63, 3.8) is 0 Å². The molecule has 0 saturated carbocycles. The number of halogens is 3. The topological polar surface area (TPSA) is 40.5 Å². The molecule has 2 aromatic carbocycles. The Kier molecular flexibility index (Phi) is 6.31. The average molecular weight is 379 g/mol. The number of alkyl halides is 3. The largest absolute Gasteiger partial charge is 0.416 e. The minimum Gasteiger partial charge on any atom is -0.390 e. The maximum Gasteiger partial charge on any atom is 0.416 e. The Morgan fingerprint density at radius 2 is 1.48 bits per heavy atom. The molecule has 146 valence electrons. The number of aryl methyl sites for hydroxylation is 1. The fourth-order valence-electron chi connectivity index (χ4n) is 2.63. The quantitative estimate of drug-likeness (QED) is 0.792. The van der Waals surface area contributed by atoms with Gasteiger partial charge in [-0.05, 0) is 62.1 Å². The van der Waals surface area contributed by atoms with Gasteiger partial charge < -0.3 is 10.0 Å². The van der Waals surface area contributed by atoms with E-state index in [9.17, 15) is 23.1 Å². The maximum absolute atomic E-state index is 12.6. The van der Waals surface area contributed by atoms with Crippen LogP contribution in [0.2, 0.25) is 0 Å². The molecule has 0 unspecified atom stereocenters. The number of rotatable bonds is 6. The first-order chi connectivity index (χ1) is 12.5. The van der Waals surface area contributed by atoms with E-state index in [1.165, 1.54) is 17.0 Å². The van der Waals surface area contributed by atoms with E-state index in [2.05, 4.69) is 0 Å². The van der Waals surface area contributed by atoms with Gasteiger partial charge in [0.15, 0.2) is 0 Å². The van der Waals surface area contributed by atoms with Gasteiger partial charge in [0.25, 0.3) is 5.91 Å². The zero-order valence-electron chi connectivity index (χ0n) is 15.7. The van der Waals surface area contributed by atoms with Crippen molar-refractivity contribution >= 4 is 5.91 Å². The maximum atomic E-state index is 12.6. The van der Waals surface area contributed by atoms with Crippen LogP contribution < -0.4 is 0 Å². The number of benzene rings is 2. The molecular weight excluding hydrogens is 355 g/mol. The van der Waals surface area contributed by atoms with Crippen LogP contribution in [0, 0.1) is 0 Å². The smallest absolute Gasteiger partial charge is 0.390 e. The van der Waals surface area contributed by atoms with Gasteiger partial charge in [-0.3, -0.25) is 4.79 Å².